The van der Waals surface area contributed by atoms with Crippen molar-refractivity contribution in [1.82, 2.24) is 10.3 Å². The van der Waals surface area contributed by atoms with Crippen LogP contribution in [-0.2, 0) is 11.2 Å². The first-order valence-corrected chi connectivity index (χ1v) is 9.47. The number of carbonyl (C=O) groups is 2. The number of aromatic nitrogens is 1. The number of hydrogen-bond acceptors (Lipinski definition) is 3. The molecular formula is C23H17ClN2O3. The molecule has 0 bridgehead atoms. The first kappa shape index (κ1) is 18.9. The summed E-state index contributed by atoms with van der Waals surface area (Å²) in [5.41, 5.74) is 2.42. The number of nitrogens with zero attached hydrogens (tertiary/aromatic N) is 1. The van der Waals surface area contributed by atoms with Gasteiger partial charge < -0.3 is 10.4 Å². The number of carboxylic acids is 1. The molecule has 29 heavy (non-hydrogen) atoms. The van der Waals surface area contributed by atoms with Crippen LogP contribution in [0.4, 0.5) is 0 Å². The number of halogens is 1. The molecule has 0 saturated heterocycles. The van der Waals surface area contributed by atoms with E-state index in [9.17, 15) is 14.7 Å². The van der Waals surface area contributed by atoms with Gasteiger partial charge in [-0.05, 0) is 23.8 Å². The summed E-state index contributed by atoms with van der Waals surface area (Å²) in [4.78, 5) is 29.7. The van der Waals surface area contributed by atoms with Gasteiger partial charge in [0.1, 0.15) is 6.04 Å². The average Bonchev–Trinajstić information content (AvgIpc) is 2.72. The van der Waals surface area contributed by atoms with E-state index in [0.29, 0.717) is 38.0 Å². The van der Waals surface area contributed by atoms with E-state index in [4.69, 9.17) is 11.6 Å². The summed E-state index contributed by atoms with van der Waals surface area (Å²) in [7, 11) is 0. The fourth-order valence-electron chi connectivity index (χ4n) is 3.40. The van der Waals surface area contributed by atoms with Crippen LogP contribution in [0.3, 0.4) is 0 Å². The minimum Gasteiger partial charge on any atom is -0.480 e. The van der Waals surface area contributed by atoms with E-state index in [1.807, 2.05) is 48.5 Å². The van der Waals surface area contributed by atoms with Crippen molar-refractivity contribution < 1.29 is 14.7 Å². The molecular weight excluding hydrogens is 388 g/mol. The summed E-state index contributed by atoms with van der Waals surface area (Å²) in [5.74, 6) is -1.58. The number of benzene rings is 3. The quantitative estimate of drug-likeness (QED) is 0.481. The number of rotatable bonds is 5. The van der Waals surface area contributed by atoms with Gasteiger partial charge in [-0.1, -0.05) is 66.2 Å². The molecule has 0 aliphatic rings. The molecule has 144 valence electrons. The summed E-state index contributed by atoms with van der Waals surface area (Å²) in [5, 5.41) is 14.2. The molecule has 0 unspecified atom stereocenters. The maximum absolute atomic E-state index is 13.2. The van der Waals surface area contributed by atoms with E-state index >= 15 is 0 Å². The molecule has 3 aromatic carbocycles. The van der Waals surface area contributed by atoms with E-state index in [0.717, 1.165) is 0 Å². The number of carbonyl (C=O) groups excluding carboxylic acids is 1. The van der Waals surface area contributed by atoms with Crippen molar-refractivity contribution in [2.24, 2.45) is 0 Å². The number of hydrogen-bond donors (Lipinski definition) is 2. The van der Waals surface area contributed by atoms with Crippen molar-refractivity contribution in [2.75, 3.05) is 0 Å². The Bertz CT molecular complexity index is 1190. The lowest BCUT2D eigenvalue weighted by Crippen LogP contribution is -2.42. The van der Waals surface area contributed by atoms with Gasteiger partial charge in [0.2, 0.25) is 0 Å². The summed E-state index contributed by atoms with van der Waals surface area (Å²) >= 11 is 6.17. The molecule has 1 aromatic heterocycles. The zero-order valence-corrected chi connectivity index (χ0v) is 16.1. The zero-order valence-electron chi connectivity index (χ0n) is 15.3. The van der Waals surface area contributed by atoms with Crippen molar-refractivity contribution in [3.8, 4) is 0 Å². The Kier molecular flexibility index (Phi) is 5.14. The van der Waals surface area contributed by atoms with E-state index < -0.39 is 17.9 Å². The highest BCUT2D eigenvalue weighted by Gasteiger charge is 2.24. The molecule has 0 radical (unpaired) electrons. The van der Waals surface area contributed by atoms with Crippen molar-refractivity contribution in [3.05, 3.63) is 88.9 Å². The third kappa shape index (κ3) is 3.77. The SMILES string of the molecule is O=C(N[C@H](Cc1ccccc1Cl)C(=O)O)c1c2ccccc2nc2ccccc12. The molecule has 1 amide bonds. The second-order valence-electron chi connectivity index (χ2n) is 6.68. The first-order chi connectivity index (χ1) is 14.0. The van der Waals surface area contributed by atoms with Gasteiger partial charge in [-0.15, -0.1) is 0 Å². The van der Waals surface area contributed by atoms with Crippen LogP contribution in [0.2, 0.25) is 5.02 Å². The van der Waals surface area contributed by atoms with E-state index in [1.165, 1.54) is 0 Å². The van der Waals surface area contributed by atoms with Crippen molar-refractivity contribution in [1.29, 1.82) is 0 Å². The lowest BCUT2D eigenvalue weighted by Gasteiger charge is -2.17. The number of amides is 1. The molecule has 2 N–H and O–H groups in total. The summed E-state index contributed by atoms with van der Waals surface area (Å²) in [6, 6.07) is 20.5. The maximum Gasteiger partial charge on any atom is 0.326 e. The van der Waals surface area contributed by atoms with Gasteiger partial charge in [-0.25, -0.2) is 9.78 Å². The molecule has 0 aliphatic carbocycles. The molecule has 4 aromatic rings. The smallest absolute Gasteiger partial charge is 0.326 e. The van der Waals surface area contributed by atoms with Crippen molar-refractivity contribution >= 4 is 45.3 Å². The highest BCUT2D eigenvalue weighted by Crippen LogP contribution is 2.26. The molecule has 0 aliphatic heterocycles. The van der Waals surface area contributed by atoms with Crippen LogP contribution in [0.5, 0.6) is 0 Å². The molecule has 4 rings (SSSR count). The maximum atomic E-state index is 13.2. The minimum atomic E-state index is -1.12. The number of fused-ring (bicyclic) bond motifs is 2. The lowest BCUT2D eigenvalue weighted by molar-refractivity contribution is -0.139. The highest BCUT2D eigenvalue weighted by atomic mass is 35.5. The Morgan fingerprint density at radius 1 is 0.897 bits per heavy atom. The van der Waals surface area contributed by atoms with Crippen LogP contribution in [0.15, 0.2) is 72.8 Å². The minimum absolute atomic E-state index is 0.0850. The Morgan fingerprint density at radius 2 is 1.45 bits per heavy atom. The van der Waals surface area contributed by atoms with Gasteiger partial charge in [0.25, 0.3) is 5.91 Å². The molecule has 0 saturated carbocycles. The summed E-state index contributed by atoms with van der Waals surface area (Å²) in [6.07, 6.45) is 0.0850. The number of carboxylic acid groups (broad SMARTS) is 1. The number of pyridine rings is 1. The number of nitrogens with one attached hydrogen (secondary N) is 1. The molecule has 1 atom stereocenters. The third-order valence-electron chi connectivity index (χ3n) is 4.80. The lowest BCUT2D eigenvalue weighted by atomic mass is 10.0. The van der Waals surface area contributed by atoms with E-state index in [2.05, 4.69) is 10.3 Å². The average molecular weight is 405 g/mol. The topological polar surface area (TPSA) is 79.3 Å². The number of para-hydroxylation sites is 2. The fourth-order valence-corrected chi connectivity index (χ4v) is 3.61. The van der Waals surface area contributed by atoms with E-state index in [-0.39, 0.29) is 6.42 Å². The predicted octanol–water partition coefficient (Wildman–Crippen LogP) is 4.47. The monoisotopic (exact) mass is 404 g/mol. The van der Waals surface area contributed by atoms with Gasteiger partial charge >= 0.3 is 5.97 Å². The summed E-state index contributed by atoms with van der Waals surface area (Å²) in [6.45, 7) is 0. The highest BCUT2D eigenvalue weighted by molar-refractivity contribution is 6.31. The van der Waals surface area contributed by atoms with Gasteiger partial charge in [-0.3, -0.25) is 4.79 Å². The number of aliphatic carboxylic acids is 1. The predicted molar refractivity (Wildman–Crippen MR) is 113 cm³/mol. The molecule has 1 heterocycles. The largest absolute Gasteiger partial charge is 0.480 e. The molecule has 0 fully saturated rings. The second kappa shape index (κ2) is 7.89. The van der Waals surface area contributed by atoms with Crippen LogP contribution in [-0.4, -0.2) is 28.0 Å². The normalized spacial score (nSPS) is 12.0. The van der Waals surface area contributed by atoms with Gasteiger partial charge in [0.05, 0.1) is 16.6 Å². The zero-order chi connectivity index (χ0) is 20.4. The third-order valence-corrected chi connectivity index (χ3v) is 5.17. The van der Waals surface area contributed by atoms with Crippen LogP contribution < -0.4 is 5.32 Å². The Morgan fingerprint density at radius 3 is 2.03 bits per heavy atom. The Balaban J connectivity index is 1.75. The molecule has 5 nitrogen and oxygen atoms in total. The van der Waals surface area contributed by atoms with Gasteiger partial charge in [-0.2, -0.15) is 0 Å². The first-order valence-electron chi connectivity index (χ1n) is 9.09. The molecule has 6 heteroatoms. The summed E-state index contributed by atoms with van der Waals surface area (Å²) < 4.78 is 0. The van der Waals surface area contributed by atoms with Crippen molar-refractivity contribution in [2.45, 2.75) is 12.5 Å². The van der Waals surface area contributed by atoms with Crippen LogP contribution >= 0.6 is 11.6 Å². The van der Waals surface area contributed by atoms with Crippen LogP contribution in [0, 0.1) is 0 Å². The fraction of sp³-hybridized carbons (Fsp3) is 0.0870. The van der Waals surface area contributed by atoms with Crippen LogP contribution in [0.1, 0.15) is 15.9 Å². The van der Waals surface area contributed by atoms with Gasteiger partial charge in [0.15, 0.2) is 0 Å². The standard InChI is InChI=1S/C23H17ClN2O3/c24-17-10-4-1-7-14(17)13-20(23(28)29)26-22(27)21-15-8-2-5-11-18(15)25-19-12-6-3-9-16(19)21/h1-12,20H,13H2,(H,26,27)(H,28,29)/t20-/m1/s1. The van der Waals surface area contributed by atoms with E-state index in [1.54, 1.807) is 24.3 Å². The van der Waals surface area contributed by atoms with Crippen LogP contribution in [0.25, 0.3) is 21.8 Å². The second-order valence-corrected chi connectivity index (χ2v) is 7.09. The van der Waals surface area contributed by atoms with Crippen molar-refractivity contribution in [3.63, 3.8) is 0 Å². The Hall–Kier alpha value is -3.44. The Labute approximate surface area is 172 Å². The molecule has 0 spiro atoms. The van der Waals surface area contributed by atoms with Gasteiger partial charge in [0, 0.05) is 22.2 Å².